The third-order valence-electron chi connectivity index (χ3n) is 2.83. The zero-order valence-corrected chi connectivity index (χ0v) is 12.3. The van der Waals surface area contributed by atoms with Gasteiger partial charge in [0.15, 0.2) is 0 Å². The molecule has 1 rings (SSSR count). The molecule has 1 aliphatic heterocycles. The minimum atomic E-state index is -4.47. The summed E-state index contributed by atoms with van der Waals surface area (Å²) in [6.07, 6.45) is -4.47. The highest BCUT2D eigenvalue weighted by Crippen LogP contribution is 2.24. The largest absolute Gasteiger partial charge is 0.405 e. The summed E-state index contributed by atoms with van der Waals surface area (Å²) in [6.45, 7) is 3.90. The Morgan fingerprint density at radius 2 is 1.80 bits per heavy atom. The smallest absolute Gasteiger partial charge is 0.314 e. The van der Waals surface area contributed by atoms with Gasteiger partial charge in [0.05, 0.1) is 0 Å². The molecule has 1 saturated heterocycles. The number of hydrogen-bond donors (Lipinski definition) is 3. The van der Waals surface area contributed by atoms with Crippen molar-refractivity contribution in [1.82, 2.24) is 19.7 Å². The van der Waals surface area contributed by atoms with E-state index in [4.69, 9.17) is 0 Å². The molecule has 0 amide bonds. The second-order valence-corrected chi connectivity index (χ2v) is 6.50. The van der Waals surface area contributed by atoms with Gasteiger partial charge in [-0.3, -0.25) is 4.90 Å². The monoisotopic (exact) mass is 318 g/mol. The van der Waals surface area contributed by atoms with Gasteiger partial charge in [-0.1, -0.05) is 0 Å². The SMILES string of the molecule is CC(C)NS(=O)(=O)NCC(N1CCNCC1)C(F)(F)F. The van der Waals surface area contributed by atoms with E-state index in [1.807, 2.05) is 4.72 Å². The average Bonchev–Trinajstić information content (AvgIpc) is 2.26. The van der Waals surface area contributed by atoms with Gasteiger partial charge in [-0.2, -0.15) is 26.3 Å². The van der Waals surface area contributed by atoms with Gasteiger partial charge < -0.3 is 5.32 Å². The Morgan fingerprint density at radius 3 is 2.25 bits per heavy atom. The lowest BCUT2D eigenvalue weighted by molar-refractivity contribution is -0.182. The second-order valence-electron chi connectivity index (χ2n) is 4.97. The van der Waals surface area contributed by atoms with Gasteiger partial charge in [0.1, 0.15) is 6.04 Å². The molecule has 10 heteroatoms. The molecule has 1 unspecified atom stereocenters. The standard InChI is InChI=1S/C10H21F3N4O2S/c1-8(2)16-20(18,19)15-7-9(10(11,12)13)17-5-3-14-4-6-17/h8-9,14-16H,3-7H2,1-2H3. The van der Waals surface area contributed by atoms with Gasteiger partial charge in [0.2, 0.25) is 0 Å². The van der Waals surface area contributed by atoms with Crippen LogP contribution in [0.5, 0.6) is 0 Å². The summed E-state index contributed by atoms with van der Waals surface area (Å²) in [5.41, 5.74) is 0. The molecular weight excluding hydrogens is 297 g/mol. The van der Waals surface area contributed by atoms with Gasteiger partial charge >= 0.3 is 6.18 Å². The number of nitrogens with one attached hydrogen (secondary N) is 3. The molecule has 1 atom stereocenters. The maximum Gasteiger partial charge on any atom is 0.405 e. The Bertz CT molecular complexity index is 394. The van der Waals surface area contributed by atoms with Crippen LogP contribution in [0.3, 0.4) is 0 Å². The van der Waals surface area contributed by atoms with Crippen molar-refractivity contribution in [2.24, 2.45) is 0 Å². The van der Waals surface area contributed by atoms with Crippen LogP contribution in [0.25, 0.3) is 0 Å². The van der Waals surface area contributed by atoms with Gasteiger partial charge in [-0.25, -0.2) is 4.72 Å². The summed E-state index contributed by atoms with van der Waals surface area (Å²) in [4.78, 5) is 1.24. The second kappa shape index (κ2) is 7.03. The van der Waals surface area contributed by atoms with Crippen LogP contribution in [-0.4, -0.2) is 64.3 Å². The third kappa shape index (κ3) is 5.92. The predicted molar refractivity (Wildman–Crippen MR) is 69.5 cm³/mol. The minimum absolute atomic E-state index is 0.240. The highest BCUT2D eigenvalue weighted by Gasteiger charge is 2.44. The van der Waals surface area contributed by atoms with E-state index in [-0.39, 0.29) is 19.1 Å². The van der Waals surface area contributed by atoms with E-state index < -0.39 is 29.0 Å². The zero-order chi connectivity index (χ0) is 15.4. The van der Waals surface area contributed by atoms with Gasteiger partial charge in [-0.15, -0.1) is 0 Å². The molecule has 0 aliphatic carbocycles. The summed E-state index contributed by atoms with van der Waals surface area (Å²) in [5.74, 6) is 0. The Kier molecular flexibility index (Phi) is 6.20. The van der Waals surface area contributed by atoms with Crippen LogP contribution < -0.4 is 14.8 Å². The first-order chi connectivity index (χ1) is 9.12. The van der Waals surface area contributed by atoms with Gasteiger partial charge in [-0.05, 0) is 13.8 Å². The highest BCUT2D eigenvalue weighted by atomic mass is 32.2. The molecule has 0 aromatic heterocycles. The summed E-state index contributed by atoms with van der Waals surface area (Å²) in [7, 11) is -3.92. The zero-order valence-electron chi connectivity index (χ0n) is 11.5. The summed E-state index contributed by atoms with van der Waals surface area (Å²) < 4.78 is 66.3. The van der Waals surface area contributed by atoms with E-state index in [9.17, 15) is 21.6 Å². The Morgan fingerprint density at radius 1 is 1.25 bits per heavy atom. The number of hydrogen-bond acceptors (Lipinski definition) is 4. The van der Waals surface area contributed by atoms with Crippen LogP contribution in [0.2, 0.25) is 0 Å². The van der Waals surface area contributed by atoms with Gasteiger partial charge in [0.25, 0.3) is 10.2 Å². The van der Waals surface area contributed by atoms with E-state index in [0.29, 0.717) is 13.1 Å². The molecule has 0 spiro atoms. The van der Waals surface area contributed by atoms with Crippen LogP contribution in [-0.2, 0) is 10.2 Å². The molecule has 1 heterocycles. The average molecular weight is 318 g/mol. The van der Waals surface area contributed by atoms with E-state index in [1.165, 1.54) is 4.90 Å². The van der Waals surface area contributed by atoms with Crippen molar-refractivity contribution in [3.8, 4) is 0 Å². The van der Waals surface area contributed by atoms with Crippen molar-refractivity contribution in [1.29, 1.82) is 0 Å². The fourth-order valence-electron chi connectivity index (χ4n) is 1.99. The lowest BCUT2D eigenvalue weighted by Gasteiger charge is -2.35. The molecule has 0 aromatic rings. The molecule has 0 saturated carbocycles. The Labute approximate surface area is 117 Å². The van der Waals surface area contributed by atoms with Crippen LogP contribution in [0.4, 0.5) is 13.2 Å². The minimum Gasteiger partial charge on any atom is -0.314 e. The maximum atomic E-state index is 13.0. The van der Waals surface area contributed by atoms with Crippen molar-refractivity contribution in [2.45, 2.75) is 32.1 Å². The first kappa shape index (κ1) is 17.6. The van der Waals surface area contributed by atoms with Crippen molar-refractivity contribution >= 4 is 10.2 Å². The molecular formula is C10H21F3N4O2S. The number of alkyl halides is 3. The summed E-state index contributed by atoms with van der Waals surface area (Å²) >= 11 is 0. The number of rotatable bonds is 6. The maximum absolute atomic E-state index is 13.0. The fraction of sp³-hybridized carbons (Fsp3) is 1.00. The van der Waals surface area contributed by atoms with Crippen molar-refractivity contribution < 1.29 is 21.6 Å². The first-order valence-electron chi connectivity index (χ1n) is 6.40. The fourth-order valence-corrected chi connectivity index (χ4v) is 3.07. The normalized spacial score (nSPS) is 20.3. The Hall–Kier alpha value is -0.420. The number of nitrogens with zero attached hydrogens (tertiary/aromatic N) is 1. The van der Waals surface area contributed by atoms with Crippen LogP contribution in [0, 0.1) is 0 Å². The molecule has 1 fully saturated rings. The van der Waals surface area contributed by atoms with E-state index in [0.717, 1.165) is 0 Å². The molecule has 1 aliphatic rings. The number of piperazine rings is 1. The van der Waals surface area contributed by atoms with Crippen LogP contribution >= 0.6 is 0 Å². The molecule has 120 valence electrons. The summed E-state index contributed by atoms with van der Waals surface area (Å²) in [5, 5.41) is 2.96. The predicted octanol–water partition coefficient (Wildman–Crippen LogP) is -0.345. The van der Waals surface area contributed by atoms with Crippen molar-refractivity contribution in [3.63, 3.8) is 0 Å². The van der Waals surface area contributed by atoms with Crippen LogP contribution in [0.15, 0.2) is 0 Å². The van der Waals surface area contributed by atoms with Crippen LogP contribution in [0.1, 0.15) is 13.8 Å². The van der Waals surface area contributed by atoms with Crippen molar-refractivity contribution in [3.05, 3.63) is 0 Å². The van der Waals surface area contributed by atoms with E-state index in [2.05, 4.69) is 10.0 Å². The lowest BCUT2D eigenvalue weighted by Crippen LogP contribution is -2.58. The molecule has 0 aromatic carbocycles. The molecule has 0 radical (unpaired) electrons. The first-order valence-corrected chi connectivity index (χ1v) is 7.88. The molecule has 0 bridgehead atoms. The topological polar surface area (TPSA) is 73.5 Å². The highest BCUT2D eigenvalue weighted by molar-refractivity contribution is 7.87. The van der Waals surface area contributed by atoms with Gasteiger partial charge in [0, 0.05) is 38.8 Å². The van der Waals surface area contributed by atoms with E-state index >= 15 is 0 Å². The quantitative estimate of drug-likeness (QED) is 0.626. The summed E-state index contributed by atoms with van der Waals surface area (Å²) in [6, 6.07) is -2.19. The lowest BCUT2D eigenvalue weighted by atomic mass is 10.2. The Balaban J connectivity index is 2.66. The molecule has 20 heavy (non-hydrogen) atoms. The number of halogens is 3. The van der Waals surface area contributed by atoms with E-state index in [1.54, 1.807) is 13.8 Å². The molecule has 3 N–H and O–H groups in total. The molecule has 6 nitrogen and oxygen atoms in total. The van der Waals surface area contributed by atoms with Crippen molar-refractivity contribution in [2.75, 3.05) is 32.7 Å². The third-order valence-corrected chi connectivity index (χ3v) is 4.16.